The molecule has 2 unspecified atom stereocenters. The van der Waals surface area contributed by atoms with Gasteiger partial charge in [0, 0.05) is 11.6 Å². The van der Waals surface area contributed by atoms with Gasteiger partial charge in [-0.2, -0.15) is 0 Å². The van der Waals surface area contributed by atoms with Crippen LogP contribution >= 0.6 is 12.4 Å². The topological polar surface area (TPSA) is 88.0 Å². The number of aromatic nitrogens is 1. The van der Waals surface area contributed by atoms with E-state index in [0.717, 1.165) is 36.6 Å². The zero-order valence-electron chi connectivity index (χ0n) is 12.9. The molecule has 1 aromatic heterocycles. The van der Waals surface area contributed by atoms with Gasteiger partial charge >= 0.3 is 0 Å². The Balaban J connectivity index is 0.00000192. The SMILES string of the molecule is Cl.NCC1CCCCC1NC(=O)c1cc2ccccc2[nH]c1=O. The van der Waals surface area contributed by atoms with E-state index in [0.29, 0.717) is 12.5 Å². The minimum atomic E-state index is -0.351. The number of nitrogens with two attached hydrogens (primary N) is 1. The van der Waals surface area contributed by atoms with Gasteiger partial charge in [0.1, 0.15) is 5.56 Å². The summed E-state index contributed by atoms with van der Waals surface area (Å²) < 4.78 is 0. The number of fused-ring (bicyclic) bond motifs is 1. The summed E-state index contributed by atoms with van der Waals surface area (Å²) in [6.07, 6.45) is 4.22. The second-order valence-corrected chi connectivity index (χ2v) is 5.96. The van der Waals surface area contributed by atoms with E-state index in [1.807, 2.05) is 24.3 Å². The van der Waals surface area contributed by atoms with Crippen LogP contribution in [0.15, 0.2) is 35.1 Å². The molecule has 1 aliphatic carbocycles. The molecule has 0 saturated heterocycles. The zero-order chi connectivity index (χ0) is 15.5. The summed E-state index contributed by atoms with van der Waals surface area (Å²) in [4.78, 5) is 27.4. The lowest BCUT2D eigenvalue weighted by Gasteiger charge is -2.31. The van der Waals surface area contributed by atoms with Crippen LogP contribution in [0.1, 0.15) is 36.0 Å². The molecule has 0 aliphatic heterocycles. The Morgan fingerprint density at radius 3 is 2.78 bits per heavy atom. The number of amides is 1. The third-order valence-electron chi connectivity index (χ3n) is 4.53. The van der Waals surface area contributed by atoms with E-state index in [1.165, 1.54) is 0 Å². The van der Waals surface area contributed by atoms with Crippen molar-refractivity contribution in [2.24, 2.45) is 11.7 Å². The number of halogens is 1. The minimum absolute atomic E-state index is 0. The molecule has 23 heavy (non-hydrogen) atoms. The summed E-state index contributed by atoms with van der Waals surface area (Å²) >= 11 is 0. The van der Waals surface area contributed by atoms with Crippen LogP contribution in [-0.4, -0.2) is 23.5 Å². The second-order valence-electron chi connectivity index (χ2n) is 5.96. The molecule has 2 aromatic rings. The van der Waals surface area contributed by atoms with Gasteiger partial charge < -0.3 is 16.0 Å². The number of hydrogen-bond acceptors (Lipinski definition) is 3. The molecular weight excluding hydrogens is 314 g/mol. The van der Waals surface area contributed by atoms with Crippen molar-refractivity contribution in [2.75, 3.05) is 6.54 Å². The average Bonchev–Trinajstić information content (AvgIpc) is 2.54. The van der Waals surface area contributed by atoms with E-state index in [2.05, 4.69) is 10.3 Å². The van der Waals surface area contributed by atoms with Gasteiger partial charge in [0.2, 0.25) is 0 Å². The zero-order valence-corrected chi connectivity index (χ0v) is 13.7. The van der Waals surface area contributed by atoms with Crippen molar-refractivity contribution in [2.45, 2.75) is 31.7 Å². The summed E-state index contributed by atoms with van der Waals surface area (Å²) in [5.41, 5.74) is 6.35. The molecule has 1 heterocycles. The summed E-state index contributed by atoms with van der Waals surface area (Å²) in [5.74, 6) is -0.00501. The molecule has 124 valence electrons. The van der Waals surface area contributed by atoms with Crippen molar-refractivity contribution < 1.29 is 4.79 Å². The molecule has 6 heteroatoms. The van der Waals surface area contributed by atoms with Gasteiger partial charge in [0.05, 0.1) is 0 Å². The first-order valence-corrected chi connectivity index (χ1v) is 7.82. The Morgan fingerprint density at radius 1 is 1.26 bits per heavy atom. The molecule has 1 aliphatic rings. The maximum absolute atomic E-state index is 12.5. The number of benzene rings is 1. The maximum atomic E-state index is 12.5. The smallest absolute Gasteiger partial charge is 0.261 e. The number of aromatic amines is 1. The molecule has 1 saturated carbocycles. The van der Waals surface area contributed by atoms with Crippen LogP contribution in [0.25, 0.3) is 10.9 Å². The molecule has 1 amide bonds. The summed E-state index contributed by atoms with van der Waals surface area (Å²) in [5, 5.41) is 3.86. The number of carbonyl (C=O) groups excluding carboxylic acids is 1. The molecule has 0 bridgehead atoms. The first kappa shape index (κ1) is 17.5. The number of pyridine rings is 1. The van der Waals surface area contributed by atoms with Gasteiger partial charge in [0.15, 0.2) is 0 Å². The molecule has 0 spiro atoms. The highest BCUT2D eigenvalue weighted by Gasteiger charge is 2.26. The van der Waals surface area contributed by atoms with Gasteiger partial charge in [0.25, 0.3) is 11.5 Å². The Bertz CT molecular complexity index is 744. The summed E-state index contributed by atoms with van der Waals surface area (Å²) in [7, 11) is 0. The van der Waals surface area contributed by atoms with E-state index in [1.54, 1.807) is 6.07 Å². The quantitative estimate of drug-likeness (QED) is 0.803. The molecule has 1 fully saturated rings. The van der Waals surface area contributed by atoms with Crippen molar-refractivity contribution in [3.63, 3.8) is 0 Å². The fourth-order valence-electron chi connectivity index (χ4n) is 3.24. The van der Waals surface area contributed by atoms with Crippen molar-refractivity contribution in [1.29, 1.82) is 0 Å². The highest BCUT2D eigenvalue weighted by atomic mass is 35.5. The molecular formula is C17H22ClN3O2. The first-order chi connectivity index (χ1) is 10.7. The maximum Gasteiger partial charge on any atom is 0.261 e. The van der Waals surface area contributed by atoms with Crippen molar-refractivity contribution in [1.82, 2.24) is 10.3 Å². The normalized spacial score (nSPS) is 20.7. The number of para-hydroxylation sites is 1. The first-order valence-electron chi connectivity index (χ1n) is 7.82. The lowest BCUT2D eigenvalue weighted by Crippen LogP contribution is -2.45. The fraction of sp³-hybridized carbons (Fsp3) is 0.412. The van der Waals surface area contributed by atoms with Crippen LogP contribution in [-0.2, 0) is 0 Å². The van der Waals surface area contributed by atoms with Crippen LogP contribution in [0.3, 0.4) is 0 Å². The van der Waals surface area contributed by atoms with E-state index < -0.39 is 0 Å². The second kappa shape index (κ2) is 7.62. The van der Waals surface area contributed by atoms with Crippen molar-refractivity contribution in [3.8, 4) is 0 Å². The predicted octanol–water partition coefficient (Wildman–Crippen LogP) is 2.20. The van der Waals surface area contributed by atoms with Gasteiger partial charge in [-0.1, -0.05) is 31.0 Å². The molecule has 4 N–H and O–H groups in total. The van der Waals surface area contributed by atoms with Crippen LogP contribution in [0.4, 0.5) is 0 Å². The van der Waals surface area contributed by atoms with Crippen molar-refractivity contribution in [3.05, 3.63) is 46.2 Å². The fourth-order valence-corrected chi connectivity index (χ4v) is 3.24. The summed E-state index contributed by atoms with van der Waals surface area (Å²) in [6, 6.07) is 9.16. The standard InChI is InChI=1S/C17H21N3O2.ClH/c18-10-12-6-2-4-8-15(12)20-17(22)13-9-11-5-1-3-7-14(11)19-16(13)21;/h1,3,5,7,9,12,15H,2,4,6,8,10,18H2,(H,19,21)(H,20,22);1H. The van der Waals surface area contributed by atoms with Crippen molar-refractivity contribution >= 4 is 29.2 Å². The van der Waals surface area contributed by atoms with Crippen LogP contribution < -0.4 is 16.6 Å². The molecule has 5 nitrogen and oxygen atoms in total. The van der Waals surface area contributed by atoms with Gasteiger partial charge in [-0.15, -0.1) is 12.4 Å². The predicted molar refractivity (Wildman–Crippen MR) is 94.1 cm³/mol. The van der Waals surface area contributed by atoms with E-state index in [4.69, 9.17) is 5.73 Å². The lowest BCUT2D eigenvalue weighted by atomic mass is 9.84. The molecule has 3 rings (SSSR count). The lowest BCUT2D eigenvalue weighted by molar-refractivity contribution is 0.0906. The third-order valence-corrected chi connectivity index (χ3v) is 4.53. The highest BCUT2D eigenvalue weighted by Crippen LogP contribution is 2.23. The number of rotatable bonds is 3. The van der Waals surface area contributed by atoms with E-state index in [-0.39, 0.29) is 35.5 Å². The average molecular weight is 336 g/mol. The minimum Gasteiger partial charge on any atom is -0.349 e. The Hall–Kier alpha value is -1.85. The Labute approximate surface area is 141 Å². The van der Waals surface area contributed by atoms with Gasteiger partial charge in [-0.3, -0.25) is 9.59 Å². The van der Waals surface area contributed by atoms with Crippen LogP contribution in [0.5, 0.6) is 0 Å². The van der Waals surface area contributed by atoms with Crippen LogP contribution in [0, 0.1) is 5.92 Å². The number of hydrogen-bond donors (Lipinski definition) is 3. The number of carbonyl (C=O) groups is 1. The molecule has 2 atom stereocenters. The molecule has 0 radical (unpaired) electrons. The van der Waals surface area contributed by atoms with Gasteiger partial charge in [-0.05, 0) is 42.8 Å². The Morgan fingerprint density at radius 2 is 2.00 bits per heavy atom. The van der Waals surface area contributed by atoms with E-state index >= 15 is 0 Å². The van der Waals surface area contributed by atoms with Gasteiger partial charge in [-0.25, -0.2) is 0 Å². The third kappa shape index (κ3) is 3.74. The number of nitrogens with one attached hydrogen (secondary N) is 2. The number of H-pyrrole nitrogens is 1. The Kier molecular flexibility index (Phi) is 5.80. The van der Waals surface area contributed by atoms with E-state index in [9.17, 15) is 9.59 Å². The summed E-state index contributed by atoms with van der Waals surface area (Å²) in [6.45, 7) is 0.568. The van der Waals surface area contributed by atoms with Crippen LogP contribution in [0.2, 0.25) is 0 Å². The molecule has 1 aromatic carbocycles. The highest BCUT2D eigenvalue weighted by molar-refractivity contribution is 5.97. The monoisotopic (exact) mass is 335 g/mol. The largest absolute Gasteiger partial charge is 0.349 e.